The molecule has 3 rings (SSSR count). The fourth-order valence-electron chi connectivity index (χ4n) is 3.39. The first-order valence-electron chi connectivity index (χ1n) is 9.62. The highest BCUT2D eigenvalue weighted by Crippen LogP contribution is 2.27. The molecule has 9 heteroatoms. The molecule has 0 radical (unpaired) electrons. The molecule has 0 spiro atoms. The van der Waals surface area contributed by atoms with Gasteiger partial charge in [0.05, 0.1) is 30.7 Å². The van der Waals surface area contributed by atoms with Gasteiger partial charge in [0.2, 0.25) is 5.91 Å². The van der Waals surface area contributed by atoms with Crippen LogP contribution < -0.4 is 15.4 Å². The Bertz CT molecular complexity index is 822. The molecule has 7 nitrogen and oxygen atoms in total. The van der Waals surface area contributed by atoms with E-state index >= 15 is 0 Å². The first-order chi connectivity index (χ1) is 13.9. The number of amides is 1. The lowest BCUT2D eigenvalue weighted by molar-refractivity contribution is -0.115. The van der Waals surface area contributed by atoms with Crippen LogP contribution in [0.1, 0.15) is 26.0 Å². The summed E-state index contributed by atoms with van der Waals surface area (Å²) in [4.78, 5) is 19.1. The molecule has 1 saturated heterocycles. The number of carbonyl (C=O) groups is 1. The molecule has 1 aromatic heterocycles. The lowest BCUT2D eigenvalue weighted by Crippen LogP contribution is -2.44. The number of hydrogen-bond acceptors (Lipinski definition) is 7. The summed E-state index contributed by atoms with van der Waals surface area (Å²) in [6.45, 7) is 7.18. The number of nitrogens with one attached hydrogen (secondary N) is 2. The highest BCUT2D eigenvalue weighted by atomic mass is 35.5. The number of anilines is 2. The van der Waals surface area contributed by atoms with Crippen molar-refractivity contribution in [3.05, 3.63) is 34.3 Å². The summed E-state index contributed by atoms with van der Waals surface area (Å²) in [6.07, 6.45) is 0.757. The zero-order valence-electron chi connectivity index (χ0n) is 16.9. The first kappa shape index (κ1) is 21.8. The van der Waals surface area contributed by atoms with Crippen molar-refractivity contribution in [1.29, 1.82) is 0 Å². The number of carbonyl (C=O) groups excluding carboxylic acids is 1. The summed E-state index contributed by atoms with van der Waals surface area (Å²) < 4.78 is 11.1. The summed E-state index contributed by atoms with van der Waals surface area (Å²) in [5, 5.41) is 9.28. The van der Waals surface area contributed by atoms with Crippen LogP contribution in [-0.4, -0.2) is 54.7 Å². The van der Waals surface area contributed by atoms with Crippen LogP contribution >= 0.6 is 22.9 Å². The number of methoxy groups -OCH3 is 1. The Morgan fingerprint density at radius 1 is 1.38 bits per heavy atom. The van der Waals surface area contributed by atoms with Crippen molar-refractivity contribution in [1.82, 2.24) is 9.88 Å². The van der Waals surface area contributed by atoms with E-state index in [1.807, 2.05) is 5.38 Å². The lowest BCUT2D eigenvalue weighted by Gasteiger charge is -2.34. The monoisotopic (exact) mass is 438 g/mol. The van der Waals surface area contributed by atoms with Gasteiger partial charge in [-0.25, -0.2) is 4.98 Å². The van der Waals surface area contributed by atoms with Crippen molar-refractivity contribution in [3.8, 4) is 5.75 Å². The molecule has 1 aliphatic heterocycles. The number of aromatic nitrogens is 1. The minimum Gasteiger partial charge on any atom is -0.495 e. The van der Waals surface area contributed by atoms with Crippen molar-refractivity contribution in [2.45, 2.75) is 39.0 Å². The van der Waals surface area contributed by atoms with E-state index in [9.17, 15) is 4.79 Å². The first-order valence-corrected chi connectivity index (χ1v) is 10.9. The number of hydrogen-bond donors (Lipinski definition) is 2. The molecule has 2 atom stereocenters. The van der Waals surface area contributed by atoms with E-state index in [0.717, 1.165) is 31.0 Å². The van der Waals surface area contributed by atoms with Gasteiger partial charge in [-0.3, -0.25) is 9.69 Å². The smallest absolute Gasteiger partial charge is 0.227 e. The second kappa shape index (κ2) is 10.2. The van der Waals surface area contributed by atoms with E-state index in [4.69, 9.17) is 21.1 Å². The van der Waals surface area contributed by atoms with Crippen LogP contribution in [0.5, 0.6) is 5.75 Å². The van der Waals surface area contributed by atoms with Gasteiger partial charge in [0.15, 0.2) is 5.13 Å². The van der Waals surface area contributed by atoms with E-state index in [1.165, 1.54) is 11.3 Å². The number of morpholine rings is 1. The van der Waals surface area contributed by atoms with E-state index in [0.29, 0.717) is 28.9 Å². The number of thiazole rings is 1. The van der Waals surface area contributed by atoms with Crippen molar-refractivity contribution >= 4 is 39.7 Å². The van der Waals surface area contributed by atoms with Gasteiger partial charge in [0.25, 0.3) is 0 Å². The van der Waals surface area contributed by atoms with Crippen LogP contribution in [0.2, 0.25) is 5.02 Å². The predicted molar refractivity (Wildman–Crippen MR) is 117 cm³/mol. The third kappa shape index (κ3) is 6.57. The number of rotatable bonds is 8. The SMILES string of the molecule is COc1ccc(Cl)cc1NCCC(=O)Nc1nc(CN2CC(C)OC(C)C2)cs1. The van der Waals surface area contributed by atoms with Crippen molar-refractivity contribution in [2.75, 3.05) is 37.4 Å². The average molecular weight is 439 g/mol. The topological polar surface area (TPSA) is 75.7 Å². The molecule has 1 aromatic carbocycles. The molecular formula is C20H27ClN4O3S. The molecule has 158 valence electrons. The molecule has 0 bridgehead atoms. The molecule has 1 fully saturated rings. The van der Waals surface area contributed by atoms with Gasteiger partial charge in [-0.2, -0.15) is 0 Å². The maximum Gasteiger partial charge on any atom is 0.227 e. The molecule has 0 saturated carbocycles. The predicted octanol–water partition coefficient (Wildman–Crippen LogP) is 3.86. The summed E-state index contributed by atoms with van der Waals surface area (Å²) in [5.41, 5.74) is 1.73. The molecule has 1 amide bonds. The highest BCUT2D eigenvalue weighted by Gasteiger charge is 2.22. The normalized spacial score (nSPS) is 19.7. The Morgan fingerprint density at radius 2 is 2.14 bits per heavy atom. The standard InChI is InChI=1S/C20H27ClN4O3S/c1-13-9-25(10-14(2)28-13)11-16-12-29-20(23-16)24-19(26)6-7-22-17-8-15(21)4-5-18(17)27-3/h4-5,8,12-14,22H,6-7,9-11H2,1-3H3,(H,23,24,26). The Labute approximate surface area is 180 Å². The Hall–Kier alpha value is -1.87. The van der Waals surface area contributed by atoms with Gasteiger partial charge >= 0.3 is 0 Å². The summed E-state index contributed by atoms with van der Waals surface area (Å²) in [7, 11) is 1.60. The summed E-state index contributed by atoms with van der Waals surface area (Å²) in [5.74, 6) is 0.596. The van der Waals surface area contributed by atoms with Crippen LogP contribution in [0.3, 0.4) is 0 Å². The maximum absolute atomic E-state index is 12.2. The van der Waals surface area contributed by atoms with Crippen molar-refractivity contribution in [3.63, 3.8) is 0 Å². The Kier molecular flexibility index (Phi) is 7.71. The minimum atomic E-state index is -0.0898. The Morgan fingerprint density at radius 3 is 2.86 bits per heavy atom. The van der Waals surface area contributed by atoms with Gasteiger partial charge in [0, 0.05) is 43.0 Å². The zero-order valence-corrected chi connectivity index (χ0v) is 18.5. The second-order valence-corrected chi connectivity index (χ2v) is 8.46. The van der Waals surface area contributed by atoms with E-state index in [2.05, 4.69) is 34.4 Å². The molecule has 2 unspecified atom stereocenters. The third-order valence-corrected chi connectivity index (χ3v) is 5.55. The fourth-order valence-corrected chi connectivity index (χ4v) is 4.28. The van der Waals surface area contributed by atoms with Gasteiger partial charge in [-0.15, -0.1) is 11.3 Å². The van der Waals surface area contributed by atoms with Crippen molar-refractivity contribution < 1.29 is 14.3 Å². The fraction of sp³-hybridized carbons (Fsp3) is 0.500. The summed E-state index contributed by atoms with van der Waals surface area (Å²) in [6, 6.07) is 5.33. The average Bonchev–Trinajstić information content (AvgIpc) is 3.07. The van der Waals surface area contributed by atoms with Gasteiger partial charge in [0.1, 0.15) is 5.75 Å². The van der Waals surface area contributed by atoms with Gasteiger partial charge < -0.3 is 20.1 Å². The van der Waals surface area contributed by atoms with E-state index in [-0.39, 0.29) is 18.1 Å². The highest BCUT2D eigenvalue weighted by molar-refractivity contribution is 7.13. The van der Waals surface area contributed by atoms with Gasteiger partial charge in [-0.1, -0.05) is 11.6 Å². The Balaban J connectivity index is 1.45. The number of halogens is 1. The molecule has 2 heterocycles. The van der Waals surface area contributed by atoms with Crippen molar-refractivity contribution in [2.24, 2.45) is 0 Å². The number of nitrogens with zero attached hydrogens (tertiary/aromatic N) is 2. The second-order valence-electron chi connectivity index (χ2n) is 7.16. The molecule has 1 aliphatic rings. The van der Waals surface area contributed by atoms with Crippen LogP contribution in [0.4, 0.5) is 10.8 Å². The molecular weight excluding hydrogens is 412 g/mol. The minimum absolute atomic E-state index is 0.0898. The van der Waals surface area contributed by atoms with Gasteiger partial charge in [-0.05, 0) is 32.0 Å². The maximum atomic E-state index is 12.2. The van der Waals surface area contributed by atoms with Crippen LogP contribution in [0.15, 0.2) is 23.6 Å². The quantitative estimate of drug-likeness (QED) is 0.651. The molecule has 2 aromatic rings. The molecule has 0 aliphatic carbocycles. The lowest BCUT2D eigenvalue weighted by atomic mass is 10.2. The third-order valence-electron chi connectivity index (χ3n) is 4.51. The molecule has 2 N–H and O–H groups in total. The van der Waals surface area contributed by atoms with Crippen LogP contribution in [-0.2, 0) is 16.1 Å². The van der Waals surface area contributed by atoms with E-state index in [1.54, 1.807) is 25.3 Å². The number of ether oxygens (including phenoxy) is 2. The summed E-state index contributed by atoms with van der Waals surface area (Å²) >= 11 is 7.47. The van der Waals surface area contributed by atoms with Crippen LogP contribution in [0, 0.1) is 0 Å². The van der Waals surface area contributed by atoms with Crippen LogP contribution in [0.25, 0.3) is 0 Å². The zero-order chi connectivity index (χ0) is 20.8. The largest absolute Gasteiger partial charge is 0.495 e. The number of benzene rings is 1. The molecule has 29 heavy (non-hydrogen) atoms. The van der Waals surface area contributed by atoms with E-state index < -0.39 is 0 Å².